The Hall–Kier alpha value is -1.38. The number of carbonyl (C=O) groups excluding carboxylic acids is 1. The second-order valence-corrected chi connectivity index (χ2v) is 7.17. The summed E-state index contributed by atoms with van der Waals surface area (Å²) in [6.07, 6.45) is 17.7. The van der Waals surface area contributed by atoms with E-state index in [1.54, 1.807) is 0 Å². The number of hydrogen-bond acceptors (Lipinski definition) is 2. The molecule has 136 valence electrons. The van der Waals surface area contributed by atoms with Crippen LogP contribution < -0.4 is 0 Å². The maximum atomic E-state index is 12.1. The first-order valence-corrected chi connectivity index (χ1v) is 9.60. The molecular weight excluding hydrogens is 300 g/mol. The Morgan fingerprint density at radius 2 is 2.04 bits per heavy atom. The van der Waals surface area contributed by atoms with Gasteiger partial charge in [0, 0.05) is 18.8 Å². The monoisotopic (exact) mass is 334 g/mol. The summed E-state index contributed by atoms with van der Waals surface area (Å²) in [6.45, 7) is 4.53. The van der Waals surface area contributed by atoms with E-state index >= 15 is 0 Å². The molecule has 1 aliphatic rings. The molecule has 0 bridgehead atoms. The Morgan fingerprint density at radius 3 is 2.75 bits per heavy atom. The van der Waals surface area contributed by atoms with Crippen LogP contribution in [-0.2, 0) is 9.59 Å². The van der Waals surface area contributed by atoms with Crippen molar-refractivity contribution in [1.82, 2.24) is 0 Å². The Balaban J connectivity index is 2.33. The van der Waals surface area contributed by atoms with E-state index in [9.17, 15) is 9.59 Å². The normalized spacial score (nSPS) is 22.7. The Kier molecular flexibility index (Phi) is 10.4. The van der Waals surface area contributed by atoms with Gasteiger partial charge in [0.1, 0.15) is 5.78 Å². The summed E-state index contributed by atoms with van der Waals surface area (Å²) >= 11 is 0. The molecular formula is C21H34O3. The lowest BCUT2D eigenvalue weighted by Crippen LogP contribution is -2.13. The van der Waals surface area contributed by atoms with Crippen LogP contribution in [0, 0.1) is 17.8 Å². The van der Waals surface area contributed by atoms with Crippen LogP contribution in [0.2, 0.25) is 0 Å². The van der Waals surface area contributed by atoms with E-state index in [0.717, 1.165) is 31.6 Å². The van der Waals surface area contributed by atoms with Gasteiger partial charge in [-0.05, 0) is 43.9 Å². The van der Waals surface area contributed by atoms with Crippen molar-refractivity contribution in [1.29, 1.82) is 0 Å². The van der Waals surface area contributed by atoms with Crippen LogP contribution in [0.4, 0.5) is 0 Å². The van der Waals surface area contributed by atoms with Crippen LogP contribution in [0.25, 0.3) is 0 Å². The second-order valence-electron chi connectivity index (χ2n) is 7.17. The SMILES string of the molecule is CCCCC(C)C/C=C/[C@H]1CCC(=O)[C@@H]1CC/C=C\CCC(=O)O. The fraction of sp³-hybridized carbons (Fsp3) is 0.714. The molecule has 0 aromatic rings. The van der Waals surface area contributed by atoms with Crippen LogP contribution in [0.5, 0.6) is 0 Å². The topological polar surface area (TPSA) is 54.4 Å². The molecule has 1 aliphatic carbocycles. The molecule has 1 fully saturated rings. The lowest BCUT2D eigenvalue weighted by molar-refractivity contribution is -0.136. The lowest BCUT2D eigenvalue weighted by Gasteiger charge is -2.14. The molecule has 0 spiro atoms. The smallest absolute Gasteiger partial charge is 0.303 e. The number of aliphatic carboxylic acids is 1. The molecule has 3 heteroatoms. The van der Waals surface area contributed by atoms with Crippen LogP contribution in [0.3, 0.4) is 0 Å². The number of carboxylic acid groups (broad SMARTS) is 1. The van der Waals surface area contributed by atoms with Gasteiger partial charge in [0.2, 0.25) is 0 Å². The summed E-state index contributed by atoms with van der Waals surface area (Å²) < 4.78 is 0. The van der Waals surface area contributed by atoms with Gasteiger partial charge in [0.15, 0.2) is 0 Å². The van der Waals surface area contributed by atoms with Gasteiger partial charge < -0.3 is 5.11 Å². The first-order valence-electron chi connectivity index (χ1n) is 9.60. The van der Waals surface area contributed by atoms with Gasteiger partial charge in [-0.1, -0.05) is 57.4 Å². The van der Waals surface area contributed by atoms with Gasteiger partial charge >= 0.3 is 5.97 Å². The molecule has 0 amide bonds. The van der Waals surface area contributed by atoms with Gasteiger partial charge in [-0.2, -0.15) is 0 Å². The van der Waals surface area contributed by atoms with Crippen molar-refractivity contribution in [3.8, 4) is 0 Å². The van der Waals surface area contributed by atoms with Crippen LogP contribution in [0.15, 0.2) is 24.3 Å². The van der Waals surface area contributed by atoms with E-state index in [0.29, 0.717) is 24.5 Å². The minimum atomic E-state index is -0.760. The number of carboxylic acids is 1. The molecule has 0 aliphatic heterocycles. The fourth-order valence-electron chi connectivity index (χ4n) is 3.41. The molecule has 1 N–H and O–H groups in total. The average Bonchev–Trinajstić information content (AvgIpc) is 2.89. The zero-order valence-corrected chi connectivity index (χ0v) is 15.4. The molecule has 1 rings (SSSR count). The quantitative estimate of drug-likeness (QED) is 0.476. The summed E-state index contributed by atoms with van der Waals surface area (Å²) in [5.74, 6) is 0.945. The van der Waals surface area contributed by atoms with E-state index in [-0.39, 0.29) is 12.3 Å². The number of ketones is 1. The molecule has 24 heavy (non-hydrogen) atoms. The summed E-state index contributed by atoms with van der Waals surface area (Å²) in [4.78, 5) is 22.5. The summed E-state index contributed by atoms with van der Waals surface area (Å²) in [5.41, 5.74) is 0. The van der Waals surface area contributed by atoms with Gasteiger partial charge in [-0.3, -0.25) is 9.59 Å². The van der Waals surface area contributed by atoms with Crippen molar-refractivity contribution in [2.45, 2.75) is 78.1 Å². The summed E-state index contributed by atoms with van der Waals surface area (Å²) in [7, 11) is 0. The van der Waals surface area contributed by atoms with Gasteiger partial charge in [-0.15, -0.1) is 0 Å². The standard InChI is InChI=1S/C21H34O3/c1-3-4-10-17(2)11-9-12-18-15-16-20(22)19(18)13-7-5-6-8-14-21(23)24/h5-6,9,12,17-19H,3-4,7-8,10-11,13-16H2,1-2H3,(H,23,24)/b6-5-,12-9+/t17?,18-,19+/m0/s1. The number of unbranched alkanes of at least 4 members (excludes halogenated alkanes) is 1. The fourth-order valence-corrected chi connectivity index (χ4v) is 3.41. The van der Waals surface area contributed by atoms with E-state index in [1.165, 1.54) is 19.3 Å². The van der Waals surface area contributed by atoms with Gasteiger partial charge in [-0.25, -0.2) is 0 Å². The number of carbonyl (C=O) groups is 2. The maximum Gasteiger partial charge on any atom is 0.303 e. The molecule has 0 heterocycles. The van der Waals surface area contributed by atoms with E-state index < -0.39 is 5.97 Å². The van der Waals surface area contributed by atoms with Crippen LogP contribution >= 0.6 is 0 Å². The molecule has 0 radical (unpaired) electrons. The highest BCUT2D eigenvalue weighted by atomic mass is 16.4. The highest BCUT2D eigenvalue weighted by Crippen LogP contribution is 2.33. The van der Waals surface area contributed by atoms with Crippen molar-refractivity contribution in [2.75, 3.05) is 0 Å². The van der Waals surface area contributed by atoms with E-state index in [4.69, 9.17) is 5.11 Å². The zero-order chi connectivity index (χ0) is 17.8. The van der Waals surface area contributed by atoms with Crippen molar-refractivity contribution < 1.29 is 14.7 Å². The number of Topliss-reactive ketones (excluding diaryl/α,β-unsaturated/α-hetero) is 1. The number of allylic oxidation sites excluding steroid dienone is 4. The van der Waals surface area contributed by atoms with Gasteiger partial charge in [0.25, 0.3) is 0 Å². The predicted molar refractivity (Wildman–Crippen MR) is 98.9 cm³/mol. The van der Waals surface area contributed by atoms with Gasteiger partial charge in [0.05, 0.1) is 0 Å². The molecule has 0 aromatic heterocycles. The Morgan fingerprint density at radius 1 is 1.29 bits per heavy atom. The van der Waals surface area contributed by atoms with E-state index in [2.05, 4.69) is 26.0 Å². The molecule has 1 saturated carbocycles. The molecule has 1 unspecified atom stereocenters. The minimum Gasteiger partial charge on any atom is -0.481 e. The number of rotatable bonds is 12. The zero-order valence-electron chi connectivity index (χ0n) is 15.4. The first kappa shape index (κ1) is 20.7. The predicted octanol–water partition coefficient (Wildman–Crippen LogP) is 5.56. The molecule has 3 nitrogen and oxygen atoms in total. The maximum absolute atomic E-state index is 12.1. The summed E-state index contributed by atoms with van der Waals surface area (Å²) in [5, 5.41) is 8.60. The molecule has 3 atom stereocenters. The third-order valence-electron chi connectivity index (χ3n) is 4.96. The van der Waals surface area contributed by atoms with Crippen LogP contribution in [-0.4, -0.2) is 16.9 Å². The third-order valence-corrected chi connectivity index (χ3v) is 4.96. The Bertz CT molecular complexity index is 436. The minimum absolute atomic E-state index is 0.163. The number of hydrogen-bond donors (Lipinski definition) is 1. The molecule has 0 aromatic carbocycles. The first-order chi connectivity index (χ1) is 11.5. The Labute approximate surface area is 147 Å². The van der Waals surface area contributed by atoms with Crippen LogP contribution in [0.1, 0.15) is 78.1 Å². The van der Waals surface area contributed by atoms with Crippen molar-refractivity contribution in [3.63, 3.8) is 0 Å². The highest BCUT2D eigenvalue weighted by molar-refractivity contribution is 5.83. The van der Waals surface area contributed by atoms with Crippen molar-refractivity contribution in [2.24, 2.45) is 17.8 Å². The third kappa shape index (κ3) is 8.47. The van der Waals surface area contributed by atoms with Crippen molar-refractivity contribution in [3.05, 3.63) is 24.3 Å². The second kappa shape index (κ2) is 12.0. The largest absolute Gasteiger partial charge is 0.481 e. The lowest BCUT2D eigenvalue weighted by atomic mass is 9.89. The summed E-state index contributed by atoms with van der Waals surface area (Å²) in [6, 6.07) is 0. The highest BCUT2D eigenvalue weighted by Gasteiger charge is 2.31. The average molecular weight is 335 g/mol. The molecule has 0 saturated heterocycles. The van der Waals surface area contributed by atoms with Crippen molar-refractivity contribution >= 4 is 11.8 Å². The van der Waals surface area contributed by atoms with E-state index in [1.807, 2.05) is 12.2 Å².